The van der Waals surface area contributed by atoms with E-state index in [0.29, 0.717) is 13.2 Å². The molecule has 0 atom stereocenters. The maximum Gasteiger partial charge on any atom is 0.230 e. The van der Waals surface area contributed by atoms with E-state index in [4.69, 9.17) is 9.73 Å². The van der Waals surface area contributed by atoms with Crippen LogP contribution in [0.5, 0.6) is 0 Å². The molecule has 0 aliphatic heterocycles. The van der Waals surface area contributed by atoms with Crippen LogP contribution in [-0.4, -0.2) is 63.7 Å². The van der Waals surface area contributed by atoms with Gasteiger partial charge in [-0.25, -0.2) is 0 Å². The number of hydrogen-bond acceptors (Lipinski definition) is 3. The molecule has 6 heteroatoms. The van der Waals surface area contributed by atoms with Crippen molar-refractivity contribution in [3.63, 3.8) is 0 Å². The highest BCUT2D eigenvalue weighted by molar-refractivity contribution is 5.84. The van der Waals surface area contributed by atoms with Crippen molar-refractivity contribution in [2.75, 3.05) is 46.9 Å². The summed E-state index contributed by atoms with van der Waals surface area (Å²) in [6.45, 7) is 5.74. The molecule has 138 valence electrons. The molecule has 0 heterocycles. The van der Waals surface area contributed by atoms with Crippen molar-refractivity contribution in [2.45, 2.75) is 45.4 Å². The van der Waals surface area contributed by atoms with Gasteiger partial charge in [-0.2, -0.15) is 0 Å². The van der Waals surface area contributed by atoms with E-state index in [0.717, 1.165) is 57.3 Å². The zero-order chi connectivity index (χ0) is 17.4. The van der Waals surface area contributed by atoms with Gasteiger partial charge >= 0.3 is 0 Å². The Balaban J connectivity index is 1.83. The number of rotatable bonds is 9. The highest BCUT2D eigenvalue weighted by atomic mass is 16.5. The number of nitrogens with one attached hydrogen (secondary N) is 2. The van der Waals surface area contributed by atoms with Crippen LogP contribution in [0.2, 0.25) is 0 Å². The second-order valence-corrected chi connectivity index (χ2v) is 7.33. The number of guanidine groups is 1. The van der Waals surface area contributed by atoms with Crippen molar-refractivity contribution in [1.82, 2.24) is 15.5 Å². The molecule has 0 radical (unpaired) electrons. The fourth-order valence-electron chi connectivity index (χ4n) is 3.31. The van der Waals surface area contributed by atoms with Crippen LogP contribution in [0.4, 0.5) is 0 Å². The minimum absolute atomic E-state index is 0.215. The zero-order valence-electron chi connectivity index (χ0n) is 15.6. The fourth-order valence-corrected chi connectivity index (χ4v) is 3.31. The molecule has 0 aromatic rings. The Bertz CT molecular complexity index is 427. The van der Waals surface area contributed by atoms with Gasteiger partial charge in [-0.05, 0) is 38.5 Å². The third-order valence-electron chi connectivity index (χ3n) is 4.89. The van der Waals surface area contributed by atoms with E-state index in [-0.39, 0.29) is 11.3 Å². The second kappa shape index (κ2) is 9.25. The van der Waals surface area contributed by atoms with Gasteiger partial charge in [0, 0.05) is 33.8 Å². The van der Waals surface area contributed by atoms with E-state index in [1.165, 1.54) is 12.8 Å². The topological polar surface area (TPSA) is 66.0 Å². The molecule has 0 aromatic heterocycles. The summed E-state index contributed by atoms with van der Waals surface area (Å²) >= 11 is 0. The predicted octanol–water partition coefficient (Wildman–Crippen LogP) is 1.62. The predicted molar refractivity (Wildman–Crippen MR) is 97.1 cm³/mol. The number of aliphatic imine (C=N–C) groups is 1. The first-order valence-corrected chi connectivity index (χ1v) is 9.39. The van der Waals surface area contributed by atoms with Crippen LogP contribution >= 0.6 is 0 Å². The number of carbonyl (C=O) groups is 1. The van der Waals surface area contributed by atoms with Crippen molar-refractivity contribution in [1.29, 1.82) is 0 Å². The number of carbonyl (C=O) groups excluding carboxylic acids is 1. The van der Waals surface area contributed by atoms with Gasteiger partial charge in [0.2, 0.25) is 5.91 Å². The van der Waals surface area contributed by atoms with Gasteiger partial charge in [0.15, 0.2) is 5.96 Å². The third kappa shape index (κ3) is 5.65. The molecule has 2 rings (SSSR count). The van der Waals surface area contributed by atoms with Gasteiger partial charge in [-0.3, -0.25) is 9.79 Å². The fraction of sp³-hybridized carbons (Fsp3) is 0.889. The summed E-state index contributed by atoms with van der Waals surface area (Å²) in [6.07, 6.45) is 6.76. The molecule has 24 heavy (non-hydrogen) atoms. The minimum atomic E-state index is -0.311. The molecular formula is C18H34N4O2. The Morgan fingerprint density at radius 3 is 2.54 bits per heavy atom. The van der Waals surface area contributed by atoms with Gasteiger partial charge in [0.25, 0.3) is 0 Å². The molecule has 0 spiro atoms. The third-order valence-corrected chi connectivity index (χ3v) is 4.89. The quantitative estimate of drug-likeness (QED) is 0.381. The number of ether oxygens (including phenoxy) is 1. The summed E-state index contributed by atoms with van der Waals surface area (Å²) in [5, 5.41) is 6.58. The van der Waals surface area contributed by atoms with E-state index in [2.05, 4.69) is 17.6 Å². The van der Waals surface area contributed by atoms with E-state index >= 15 is 0 Å². The normalized spacial score (nSPS) is 20.0. The lowest BCUT2D eigenvalue weighted by Gasteiger charge is -2.29. The number of nitrogens with zero attached hydrogens (tertiary/aromatic N) is 2. The Kier molecular flexibility index (Phi) is 7.34. The Morgan fingerprint density at radius 2 is 1.96 bits per heavy atom. The molecule has 2 aliphatic rings. The van der Waals surface area contributed by atoms with Crippen molar-refractivity contribution >= 4 is 11.9 Å². The molecule has 0 aromatic carbocycles. The summed E-state index contributed by atoms with van der Waals surface area (Å²) in [4.78, 5) is 19.0. The minimum Gasteiger partial charge on any atom is -0.379 e. The lowest BCUT2D eigenvalue weighted by Crippen LogP contribution is -2.43. The van der Waals surface area contributed by atoms with Crippen LogP contribution in [0.25, 0.3) is 0 Å². The highest BCUT2D eigenvalue weighted by Crippen LogP contribution is 2.39. The average Bonchev–Trinajstić information content (AvgIpc) is 3.27. The second-order valence-electron chi connectivity index (χ2n) is 7.33. The smallest absolute Gasteiger partial charge is 0.230 e. The maximum absolute atomic E-state index is 12.6. The number of amides is 1. The lowest BCUT2D eigenvalue weighted by molar-refractivity contribution is -0.138. The van der Waals surface area contributed by atoms with Crippen LogP contribution in [0, 0.1) is 11.3 Å². The lowest BCUT2D eigenvalue weighted by atomic mass is 9.85. The maximum atomic E-state index is 12.6. The Hall–Kier alpha value is -1.30. The van der Waals surface area contributed by atoms with Crippen LogP contribution in [0.1, 0.15) is 45.4 Å². The van der Waals surface area contributed by atoms with Crippen molar-refractivity contribution < 1.29 is 9.53 Å². The summed E-state index contributed by atoms with van der Waals surface area (Å²) in [5.41, 5.74) is -0.311. The van der Waals surface area contributed by atoms with Crippen LogP contribution < -0.4 is 10.6 Å². The van der Waals surface area contributed by atoms with Crippen molar-refractivity contribution in [3.8, 4) is 0 Å². The molecule has 2 saturated carbocycles. The Labute approximate surface area is 146 Å². The zero-order valence-corrected chi connectivity index (χ0v) is 15.6. The SMILES string of the molecule is CCNC(=NCC1(C(=O)N(C)C)CCCC1)NCCOCC1CC1. The van der Waals surface area contributed by atoms with Crippen molar-refractivity contribution in [3.05, 3.63) is 0 Å². The molecule has 0 saturated heterocycles. The molecule has 1 amide bonds. The first-order chi connectivity index (χ1) is 11.6. The average molecular weight is 338 g/mol. The van der Waals surface area contributed by atoms with Crippen molar-refractivity contribution in [2.24, 2.45) is 16.3 Å². The molecule has 0 unspecified atom stereocenters. The summed E-state index contributed by atoms with van der Waals surface area (Å²) in [7, 11) is 3.68. The van der Waals surface area contributed by atoms with E-state index in [1.807, 2.05) is 14.1 Å². The molecule has 2 aliphatic carbocycles. The molecule has 0 bridgehead atoms. The van der Waals surface area contributed by atoms with Crippen LogP contribution in [0.15, 0.2) is 4.99 Å². The van der Waals surface area contributed by atoms with Crippen LogP contribution in [0.3, 0.4) is 0 Å². The van der Waals surface area contributed by atoms with Gasteiger partial charge in [0.1, 0.15) is 0 Å². The monoisotopic (exact) mass is 338 g/mol. The summed E-state index contributed by atoms with van der Waals surface area (Å²) in [6, 6.07) is 0. The standard InChI is InChI=1S/C18H34N4O2/c1-4-19-17(20-11-12-24-13-15-7-8-15)21-14-18(9-5-6-10-18)16(23)22(2)3/h15H,4-14H2,1-3H3,(H2,19,20,21). The first-order valence-electron chi connectivity index (χ1n) is 9.39. The van der Waals surface area contributed by atoms with E-state index in [1.54, 1.807) is 4.90 Å². The molecule has 6 nitrogen and oxygen atoms in total. The van der Waals surface area contributed by atoms with E-state index < -0.39 is 0 Å². The summed E-state index contributed by atoms with van der Waals surface area (Å²) in [5.74, 6) is 1.80. The first kappa shape index (κ1) is 19.0. The van der Waals surface area contributed by atoms with Gasteiger partial charge < -0.3 is 20.3 Å². The highest BCUT2D eigenvalue weighted by Gasteiger charge is 2.42. The molecule has 2 N–H and O–H groups in total. The van der Waals surface area contributed by atoms with Crippen LogP contribution in [-0.2, 0) is 9.53 Å². The van der Waals surface area contributed by atoms with E-state index in [9.17, 15) is 4.79 Å². The molecule has 2 fully saturated rings. The largest absolute Gasteiger partial charge is 0.379 e. The van der Waals surface area contributed by atoms with Gasteiger partial charge in [-0.15, -0.1) is 0 Å². The summed E-state index contributed by atoms with van der Waals surface area (Å²) < 4.78 is 5.65. The molecular weight excluding hydrogens is 304 g/mol. The Morgan fingerprint density at radius 1 is 1.25 bits per heavy atom. The van der Waals surface area contributed by atoms with Gasteiger partial charge in [-0.1, -0.05) is 12.8 Å². The van der Waals surface area contributed by atoms with Gasteiger partial charge in [0.05, 0.1) is 18.6 Å². The number of hydrogen-bond donors (Lipinski definition) is 2.